The van der Waals surface area contributed by atoms with Gasteiger partial charge < -0.3 is 14.4 Å². The first-order chi connectivity index (χ1) is 11.4. The second-order valence-corrected chi connectivity index (χ2v) is 6.63. The Morgan fingerprint density at radius 1 is 1.29 bits per heavy atom. The molecule has 0 amide bonds. The molecule has 6 nitrogen and oxygen atoms in total. The van der Waals surface area contributed by atoms with E-state index in [1.54, 1.807) is 0 Å². The number of nitrogens with zero attached hydrogens (tertiary/aromatic N) is 3. The van der Waals surface area contributed by atoms with Gasteiger partial charge in [0, 0.05) is 22.3 Å². The molecule has 1 aromatic carbocycles. The second kappa shape index (κ2) is 6.78. The van der Waals surface area contributed by atoms with Crippen LogP contribution in [0.3, 0.4) is 0 Å². The van der Waals surface area contributed by atoms with E-state index in [-0.39, 0.29) is 12.2 Å². The number of aromatic nitrogens is 3. The van der Waals surface area contributed by atoms with Crippen molar-refractivity contribution in [1.82, 2.24) is 14.2 Å². The zero-order chi connectivity index (χ0) is 17.3. The first kappa shape index (κ1) is 16.7. The zero-order valence-electron chi connectivity index (χ0n) is 13.4. The van der Waals surface area contributed by atoms with Crippen molar-refractivity contribution < 1.29 is 9.84 Å². The standard InChI is InChI=1S/C17H18BrN3O3/c1-11-6-16-20(12(2)7-17(23)21(16)19-11)9-14(22)10-24-15-5-3-4-13(18)8-15/h3-8,14,22H,9-10H2,1-2H3/t14-/m0/s1. The van der Waals surface area contributed by atoms with Crippen molar-refractivity contribution in [1.29, 1.82) is 0 Å². The van der Waals surface area contributed by atoms with E-state index in [0.29, 0.717) is 17.9 Å². The Balaban J connectivity index is 1.78. The number of aryl methyl sites for hydroxylation is 2. The number of hydrogen-bond acceptors (Lipinski definition) is 4. The van der Waals surface area contributed by atoms with Gasteiger partial charge in [-0.3, -0.25) is 4.79 Å². The Morgan fingerprint density at radius 3 is 2.83 bits per heavy atom. The lowest BCUT2D eigenvalue weighted by Gasteiger charge is -2.17. The Labute approximate surface area is 147 Å². The minimum absolute atomic E-state index is 0.154. The maximum absolute atomic E-state index is 12.0. The molecule has 0 bridgehead atoms. The number of halogens is 1. The van der Waals surface area contributed by atoms with Crippen LogP contribution in [0.2, 0.25) is 0 Å². The molecule has 0 spiro atoms. The van der Waals surface area contributed by atoms with Gasteiger partial charge in [-0.2, -0.15) is 9.61 Å². The van der Waals surface area contributed by atoms with Crippen molar-refractivity contribution in [2.24, 2.45) is 0 Å². The van der Waals surface area contributed by atoms with Crippen molar-refractivity contribution in [2.75, 3.05) is 6.61 Å². The molecule has 0 radical (unpaired) electrons. The molecule has 0 saturated carbocycles. The molecule has 1 N–H and O–H groups in total. The summed E-state index contributed by atoms with van der Waals surface area (Å²) in [5.41, 5.74) is 2.02. The molecule has 2 heterocycles. The number of aliphatic hydroxyl groups excluding tert-OH is 1. The molecule has 0 unspecified atom stereocenters. The molecule has 0 saturated heterocycles. The number of ether oxygens (including phenoxy) is 1. The third-order valence-electron chi connectivity index (χ3n) is 3.69. The minimum Gasteiger partial charge on any atom is -0.491 e. The summed E-state index contributed by atoms with van der Waals surface area (Å²) >= 11 is 3.38. The predicted molar refractivity (Wildman–Crippen MR) is 94.6 cm³/mol. The van der Waals surface area contributed by atoms with E-state index in [4.69, 9.17) is 4.74 Å². The monoisotopic (exact) mass is 391 g/mol. The first-order valence-corrected chi connectivity index (χ1v) is 8.36. The fraction of sp³-hybridized carbons (Fsp3) is 0.294. The van der Waals surface area contributed by atoms with Crippen LogP contribution in [-0.2, 0) is 6.54 Å². The molecule has 2 aromatic heterocycles. The average molecular weight is 392 g/mol. The van der Waals surface area contributed by atoms with Gasteiger partial charge in [0.1, 0.15) is 24.1 Å². The van der Waals surface area contributed by atoms with Crippen LogP contribution in [0.5, 0.6) is 5.75 Å². The molecular weight excluding hydrogens is 374 g/mol. The highest BCUT2D eigenvalue weighted by molar-refractivity contribution is 9.10. The van der Waals surface area contributed by atoms with Crippen LogP contribution < -0.4 is 10.3 Å². The normalized spacial score (nSPS) is 12.5. The average Bonchev–Trinajstić information content (AvgIpc) is 2.92. The summed E-state index contributed by atoms with van der Waals surface area (Å²) in [6.07, 6.45) is -0.718. The molecule has 126 valence electrons. The van der Waals surface area contributed by atoms with E-state index in [1.807, 2.05) is 48.7 Å². The van der Waals surface area contributed by atoms with Gasteiger partial charge in [0.25, 0.3) is 5.56 Å². The fourth-order valence-electron chi connectivity index (χ4n) is 2.59. The largest absolute Gasteiger partial charge is 0.491 e. The maximum Gasteiger partial charge on any atom is 0.274 e. The summed E-state index contributed by atoms with van der Waals surface area (Å²) in [7, 11) is 0. The van der Waals surface area contributed by atoms with E-state index in [9.17, 15) is 9.90 Å². The molecule has 24 heavy (non-hydrogen) atoms. The molecule has 0 aliphatic rings. The minimum atomic E-state index is -0.718. The molecule has 3 aromatic rings. The Morgan fingerprint density at radius 2 is 2.08 bits per heavy atom. The van der Waals surface area contributed by atoms with Crippen LogP contribution in [-0.4, -0.2) is 32.0 Å². The number of fused-ring (bicyclic) bond motifs is 1. The lowest BCUT2D eigenvalue weighted by atomic mass is 10.3. The van der Waals surface area contributed by atoms with Gasteiger partial charge in [-0.05, 0) is 32.0 Å². The zero-order valence-corrected chi connectivity index (χ0v) is 15.0. The van der Waals surface area contributed by atoms with E-state index >= 15 is 0 Å². The third-order valence-corrected chi connectivity index (χ3v) is 4.18. The molecule has 0 aliphatic heterocycles. The Kier molecular flexibility index (Phi) is 4.73. The van der Waals surface area contributed by atoms with E-state index < -0.39 is 6.10 Å². The highest BCUT2D eigenvalue weighted by Crippen LogP contribution is 2.18. The number of rotatable bonds is 5. The van der Waals surface area contributed by atoms with Crippen LogP contribution in [0.25, 0.3) is 5.65 Å². The van der Waals surface area contributed by atoms with Gasteiger partial charge >= 0.3 is 0 Å². The van der Waals surface area contributed by atoms with Crippen molar-refractivity contribution in [3.63, 3.8) is 0 Å². The van der Waals surface area contributed by atoms with Crippen LogP contribution in [0.4, 0.5) is 0 Å². The molecule has 0 aliphatic carbocycles. The highest BCUT2D eigenvalue weighted by Gasteiger charge is 2.13. The quantitative estimate of drug-likeness (QED) is 0.724. The third kappa shape index (κ3) is 3.52. The van der Waals surface area contributed by atoms with Gasteiger partial charge in [0.15, 0.2) is 0 Å². The lowest BCUT2D eigenvalue weighted by molar-refractivity contribution is 0.0926. The van der Waals surface area contributed by atoms with E-state index in [2.05, 4.69) is 21.0 Å². The van der Waals surface area contributed by atoms with Crippen molar-refractivity contribution in [3.8, 4) is 5.75 Å². The van der Waals surface area contributed by atoms with Gasteiger partial charge in [-0.25, -0.2) is 0 Å². The van der Waals surface area contributed by atoms with Gasteiger partial charge in [-0.1, -0.05) is 22.0 Å². The van der Waals surface area contributed by atoms with E-state index in [0.717, 1.165) is 15.9 Å². The van der Waals surface area contributed by atoms with Crippen LogP contribution in [0.15, 0.2) is 45.7 Å². The van der Waals surface area contributed by atoms with Gasteiger partial charge in [0.2, 0.25) is 0 Å². The fourth-order valence-corrected chi connectivity index (χ4v) is 2.97. The lowest BCUT2D eigenvalue weighted by Crippen LogP contribution is -2.27. The SMILES string of the molecule is Cc1cc2n(C[C@H](O)COc3cccc(Br)c3)c(C)cc(=O)n2n1. The van der Waals surface area contributed by atoms with Gasteiger partial charge in [0.05, 0.1) is 12.2 Å². The predicted octanol–water partition coefficient (Wildman–Crippen LogP) is 2.32. The smallest absolute Gasteiger partial charge is 0.274 e. The van der Waals surface area contributed by atoms with Crippen LogP contribution in [0, 0.1) is 13.8 Å². The second-order valence-electron chi connectivity index (χ2n) is 5.71. The summed E-state index contributed by atoms with van der Waals surface area (Å²) < 4.78 is 9.77. The maximum atomic E-state index is 12.0. The summed E-state index contributed by atoms with van der Waals surface area (Å²) in [6.45, 7) is 4.14. The van der Waals surface area contributed by atoms with Gasteiger partial charge in [-0.15, -0.1) is 0 Å². The number of aliphatic hydroxyl groups is 1. The molecular formula is C17H18BrN3O3. The number of hydrogen-bond donors (Lipinski definition) is 1. The molecule has 1 atom stereocenters. The summed E-state index contributed by atoms with van der Waals surface area (Å²) in [5.74, 6) is 0.686. The molecule has 3 rings (SSSR count). The number of benzene rings is 1. The van der Waals surface area contributed by atoms with Crippen molar-refractivity contribution in [2.45, 2.75) is 26.5 Å². The Hall–Kier alpha value is -2.12. The first-order valence-electron chi connectivity index (χ1n) is 7.57. The van der Waals surface area contributed by atoms with Crippen molar-refractivity contribution in [3.05, 3.63) is 62.6 Å². The van der Waals surface area contributed by atoms with Crippen molar-refractivity contribution >= 4 is 21.6 Å². The summed E-state index contributed by atoms with van der Waals surface area (Å²) in [6, 6.07) is 10.8. The Bertz CT molecular complexity index is 932. The highest BCUT2D eigenvalue weighted by atomic mass is 79.9. The molecule has 0 fully saturated rings. The summed E-state index contributed by atoms with van der Waals surface area (Å²) in [4.78, 5) is 12.0. The van der Waals surface area contributed by atoms with Crippen LogP contribution >= 0.6 is 15.9 Å². The van der Waals surface area contributed by atoms with E-state index in [1.165, 1.54) is 10.6 Å². The molecule has 7 heteroatoms. The topological polar surface area (TPSA) is 68.8 Å². The summed E-state index contributed by atoms with van der Waals surface area (Å²) in [5, 5.41) is 14.5. The van der Waals surface area contributed by atoms with Crippen LogP contribution in [0.1, 0.15) is 11.4 Å².